The zero-order valence-electron chi connectivity index (χ0n) is 16.4. The van der Waals surface area contributed by atoms with E-state index in [1.807, 2.05) is 0 Å². The van der Waals surface area contributed by atoms with Crippen molar-refractivity contribution in [3.8, 4) is 5.75 Å². The van der Waals surface area contributed by atoms with Crippen molar-refractivity contribution >= 4 is 31.5 Å². The Bertz CT molecular complexity index is 1080. The summed E-state index contributed by atoms with van der Waals surface area (Å²) in [5.41, 5.74) is 1.09. The molecular formula is C19H24N2O6S2. The zero-order valence-corrected chi connectivity index (χ0v) is 18.1. The summed E-state index contributed by atoms with van der Waals surface area (Å²) in [5, 5.41) is 2.52. The Morgan fingerprint density at radius 2 is 1.69 bits per heavy atom. The van der Waals surface area contributed by atoms with E-state index in [4.69, 9.17) is 4.74 Å². The van der Waals surface area contributed by atoms with Gasteiger partial charge in [0.1, 0.15) is 5.75 Å². The number of carbonyl (C=O) groups is 1. The third-order valence-corrected chi connectivity index (χ3v) is 7.33. The number of methoxy groups -OCH3 is 1. The molecule has 0 aliphatic rings. The average molecular weight is 441 g/mol. The molecule has 2 N–H and O–H groups in total. The van der Waals surface area contributed by atoms with Crippen LogP contribution in [0.3, 0.4) is 0 Å². The molecule has 0 aliphatic carbocycles. The summed E-state index contributed by atoms with van der Waals surface area (Å²) >= 11 is 0. The number of rotatable bonds is 9. The number of hydrogen-bond acceptors (Lipinski definition) is 6. The highest BCUT2D eigenvalue weighted by Crippen LogP contribution is 2.21. The summed E-state index contributed by atoms with van der Waals surface area (Å²) in [7, 11) is -5.62. The van der Waals surface area contributed by atoms with E-state index in [1.165, 1.54) is 32.2 Å². The van der Waals surface area contributed by atoms with Gasteiger partial charge >= 0.3 is 0 Å². The summed E-state index contributed by atoms with van der Waals surface area (Å²) in [6.07, 6.45) is 0. The molecule has 2 rings (SSSR count). The fourth-order valence-electron chi connectivity index (χ4n) is 2.45. The molecule has 2 aromatic carbocycles. The van der Waals surface area contributed by atoms with Gasteiger partial charge in [-0.05, 0) is 48.9 Å². The maximum Gasteiger partial charge on any atom is 0.261 e. The largest absolute Gasteiger partial charge is 0.497 e. The number of ether oxygens (including phenoxy) is 1. The molecule has 0 radical (unpaired) electrons. The van der Waals surface area contributed by atoms with Gasteiger partial charge < -0.3 is 10.1 Å². The lowest BCUT2D eigenvalue weighted by molar-refractivity contribution is 0.0955. The van der Waals surface area contributed by atoms with Crippen LogP contribution in [0.4, 0.5) is 5.69 Å². The van der Waals surface area contributed by atoms with Crippen molar-refractivity contribution in [1.82, 2.24) is 5.32 Å². The lowest BCUT2D eigenvalue weighted by Gasteiger charge is -2.12. The topological polar surface area (TPSA) is 119 Å². The van der Waals surface area contributed by atoms with Crippen molar-refractivity contribution < 1.29 is 26.4 Å². The monoisotopic (exact) mass is 440 g/mol. The SMILES string of the molecule is CCS(=O)(=O)CCNC(=O)c1cc(S(=O)(=O)Nc2ccc(OC)cc2)ccc1C. The predicted molar refractivity (Wildman–Crippen MR) is 112 cm³/mol. The number of hydrogen-bond donors (Lipinski definition) is 2. The maximum absolute atomic E-state index is 12.7. The van der Waals surface area contributed by atoms with Crippen LogP contribution in [0.1, 0.15) is 22.8 Å². The second kappa shape index (κ2) is 9.27. The molecule has 0 heterocycles. The lowest BCUT2D eigenvalue weighted by Crippen LogP contribution is -2.30. The Labute approximate surface area is 171 Å². The van der Waals surface area contributed by atoms with E-state index in [9.17, 15) is 21.6 Å². The van der Waals surface area contributed by atoms with Crippen LogP contribution in [0, 0.1) is 6.92 Å². The van der Waals surface area contributed by atoms with Gasteiger partial charge in [0.25, 0.3) is 15.9 Å². The first kappa shape index (κ1) is 22.7. The van der Waals surface area contributed by atoms with Crippen molar-refractivity contribution in [1.29, 1.82) is 0 Å². The third kappa shape index (κ3) is 6.20. The minimum atomic E-state index is -3.92. The number of sulfone groups is 1. The van der Waals surface area contributed by atoms with Gasteiger partial charge in [0.2, 0.25) is 0 Å². The zero-order chi connectivity index (χ0) is 21.7. The number of sulfonamides is 1. The number of benzene rings is 2. The molecule has 0 spiro atoms. The molecular weight excluding hydrogens is 416 g/mol. The number of nitrogens with one attached hydrogen (secondary N) is 2. The van der Waals surface area contributed by atoms with Crippen molar-refractivity contribution in [2.24, 2.45) is 0 Å². The van der Waals surface area contributed by atoms with Crippen LogP contribution in [0.25, 0.3) is 0 Å². The van der Waals surface area contributed by atoms with Crippen LogP contribution in [0.5, 0.6) is 5.75 Å². The van der Waals surface area contributed by atoms with Gasteiger partial charge in [0, 0.05) is 23.5 Å². The molecule has 158 valence electrons. The molecule has 0 aliphatic heterocycles. The normalized spacial score (nSPS) is 11.7. The maximum atomic E-state index is 12.7. The second-order valence-electron chi connectivity index (χ2n) is 6.30. The van der Waals surface area contributed by atoms with Gasteiger partial charge in [-0.1, -0.05) is 13.0 Å². The van der Waals surface area contributed by atoms with Crippen molar-refractivity contribution in [3.63, 3.8) is 0 Å². The van der Waals surface area contributed by atoms with Crippen molar-refractivity contribution in [2.45, 2.75) is 18.7 Å². The minimum absolute atomic E-state index is 0.00728. The Morgan fingerprint density at radius 1 is 1.03 bits per heavy atom. The molecule has 0 unspecified atom stereocenters. The summed E-state index contributed by atoms with van der Waals surface area (Å²) < 4.78 is 55.9. The van der Waals surface area contributed by atoms with Gasteiger partial charge in [-0.3, -0.25) is 9.52 Å². The van der Waals surface area contributed by atoms with Crippen molar-refractivity contribution in [2.75, 3.05) is 29.9 Å². The quantitative estimate of drug-likeness (QED) is 0.615. The first-order valence-electron chi connectivity index (χ1n) is 8.84. The Hall–Kier alpha value is -2.59. The smallest absolute Gasteiger partial charge is 0.261 e. The average Bonchev–Trinajstić information content (AvgIpc) is 2.68. The molecule has 0 bridgehead atoms. The van der Waals surface area contributed by atoms with E-state index >= 15 is 0 Å². The van der Waals surface area contributed by atoms with Gasteiger partial charge in [-0.15, -0.1) is 0 Å². The van der Waals surface area contributed by atoms with Gasteiger partial charge in [0.15, 0.2) is 9.84 Å². The third-order valence-electron chi connectivity index (χ3n) is 4.24. The fraction of sp³-hybridized carbons (Fsp3) is 0.316. The predicted octanol–water partition coefficient (Wildman–Crippen LogP) is 1.97. The van der Waals surface area contributed by atoms with Gasteiger partial charge in [-0.2, -0.15) is 0 Å². The highest BCUT2D eigenvalue weighted by atomic mass is 32.2. The Kier molecular flexibility index (Phi) is 7.26. The van der Waals surface area contributed by atoms with Crippen LogP contribution in [-0.2, 0) is 19.9 Å². The molecule has 0 aromatic heterocycles. The van der Waals surface area contributed by atoms with Crippen LogP contribution >= 0.6 is 0 Å². The molecule has 2 aromatic rings. The molecule has 29 heavy (non-hydrogen) atoms. The van der Waals surface area contributed by atoms with E-state index in [1.54, 1.807) is 31.2 Å². The highest BCUT2D eigenvalue weighted by molar-refractivity contribution is 7.92. The van der Waals surface area contributed by atoms with E-state index in [-0.39, 0.29) is 28.5 Å². The molecule has 0 fully saturated rings. The van der Waals surface area contributed by atoms with E-state index in [2.05, 4.69) is 10.0 Å². The van der Waals surface area contributed by atoms with Crippen LogP contribution in [-0.4, -0.2) is 47.9 Å². The first-order valence-corrected chi connectivity index (χ1v) is 12.1. The fourth-order valence-corrected chi connectivity index (χ4v) is 4.23. The second-order valence-corrected chi connectivity index (χ2v) is 10.5. The Balaban J connectivity index is 2.18. The highest BCUT2D eigenvalue weighted by Gasteiger charge is 2.19. The standard InChI is InChI=1S/C19H24N2O6S2/c1-4-28(23,24)12-11-20-19(22)18-13-17(10-5-14(18)2)29(25,26)21-15-6-8-16(27-3)9-7-15/h5-10,13,21H,4,11-12H2,1-3H3,(H,20,22). The van der Waals surface area contributed by atoms with Crippen LogP contribution in [0.2, 0.25) is 0 Å². The number of amides is 1. The van der Waals surface area contributed by atoms with Crippen LogP contribution < -0.4 is 14.8 Å². The number of aryl methyl sites for hydroxylation is 1. The first-order chi connectivity index (χ1) is 13.6. The van der Waals surface area contributed by atoms with E-state index < -0.39 is 25.8 Å². The summed E-state index contributed by atoms with van der Waals surface area (Å²) in [6, 6.07) is 10.6. The molecule has 0 saturated carbocycles. The van der Waals surface area contributed by atoms with Gasteiger partial charge in [0.05, 0.1) is 17.8 Å². The Morgan fingerprint density at radius 3 is 2.28 bits per heavy atom. The molecule has 8 nitrogen and oxygen atoms in total. The lowest BCUT2D eigenvalue weighted by atomic mass is 10.1. The van der Waals surface area contributed by atoms with E-state index in [0.717, 1.165) is 0 Å². The van der Waals surface area contributed by atoms with E-state index in [0.29, 0.717) is 17.0 Å². The minimum Gasteiger partial charge on any atom is -0.497 e. The van der Waals surface area contributed by atoms with Gasteiger partial charge in [-0.25, -0.2) is 16.8 Å². The summed E-state index contributed by atoms with van der Waals surface area (Å²) in [6.45, 7) is 3.16. The number of anilines is 1. The molecule has 1 amide bonds. The number of carbonyl (C=O) groups excluding carboxylic acids is 1. The van der Waals surface area contributed by atoms with Crippen LogP contribution in [0.15, 0.2) is 47.4 Å². The molecule has 10 heteroatoms. The summed E-state index contributed by atoms with van der Waals surface area (Å²) in [5.74, 6) is -0.125. The summed E-state index contributed by atoms with van der Waals surface area (Å²) in [4.78, 5) is 12.3. The van der Waals surface area contributed by atoms with Crippen molar-refractivity contribution in [3.05, 3.63) is 53.6 Å². The molecule has 0 saturated heterocycles. The molecule has 0 atom stereocenters.